The van der Waals surface area contributed by atoms with Crippen molar-refractivity contribution in [3.05, 3.63) is 65.7 Å². The fraction of sp³-hybridized carbons (Fsp3) is 0.368. The Bertz CT molecular complexity index is 537. The SMILES string of the molecule is CC(c1cccc(OCc2ccccc2)c1)C(C)(C)C. The number of benzene rings is 2. The largest absolute Gasteiger partial charge is 0.489 e. The Morgan fingerprint density at radius 3 is 2.30 bits per heavy atom. The summed E-state index contributed by atoms with van der Waals surface area (Å²) in [6.45, 7) is 9.71. The second-order valence-corrected chi connectivity index (χ2v) is 6.43. The first-order chi connectivity index (χ1) is 9.47. The van der Waals surface area contributed by atoms with Crippen LogP contribution in [-0.2, 0) is 6.61 Å². The maximum absolute atomic E-state index is 5.90. The van der Waals surface area contributed by atoms with Gasteiger partial charge in [-0.1, -0.05) is 70.2 Å². The van der Waals surface area contributed by atoms with Gasteiger partial charge >= 0.3 is 0 Å². The van der Waals surface area contributed by atoms with Crippen LogP contribution in [0.5, 0.6) is 5.75 Å². The standard InChI is InChI=1S/C19H24O/c1-15(19(2,3)4)17-11-8-12-18(13-17)20-14-16-9-6-5-7-10-16/h5-13,15H,14H2,1-4H3. The summed E-state index contributed by atoms with van der Waals surface area (Å²) in [4.78, 5) is 0. The third-order valence-electron chi connectivity index (χ3n) is 3.91. The Hall–Kier alpha value is -1.76. The zero-order chi connectivity index (χ0) is 14.6. The van der Waals surface area contributed by atoms with Gasteiger partial charge in [-0.2, -0.15) is 0 Å². The van der Waals surface area contributed by atoms with Crippen LogP contribution in [0.1, 0.15) is 44.7 Å². The summed E-state index contributed by atoms with van der Waals surface area (Å²) in [5, 5.41) is 0. The van der Waals surface area contributed by atoms with Crippen LogP contribution in [-0.4, -0.2) is 0 Å². The van der Waals surface area contributed by atoms with E-state index in [0.717, 1.165) is 5.75 Å². The predicted molar refractivity (Wildman–Crippen MR) is 85.1 cm³/mol. The van der Waals surface area contributed by atoms with E-state index >= 15 is 0 Å². The van der Waals surface area contributed by atoms with Gasteiger partial charge in [0.1, 0.15) is 12.4 Å². The van der Waals surface area contributed by atoms with E-state index in [0.29, 0.717) is 12.5 Å². The Labute approximate surface area is 122 Å². The molecule has 0 saturated heterocycles. The topological polar surface area (TPSA) is 9.23 Å². The highest BCUT2D eigenvalue weighted by Crippen LogP contribution is 2.35. The molecule has 1 heteroatoms. The second-order valence-electron chi connectivity index (χ2n) is 6.43. The summed E-state index contributed by atoms with van der Waals surface area (Å²) in [5.74, 6) is 1.45. The minimum absolute atomic E-state index is 0.262. The molecule has 0 saturated carbocycles. The maximum Gasteiger partial charge on any atom is 0.120 e. The molecule has 1 nitrogen and oxygen atoms in total. The first-order valence-corrected chi connectivity index (χ1v) is 7.23. The number of rotatable bonds is 4. The van der Waals surface area contributed by atoms with Crippen molar-refractivity contribution in [2.24, 2.45) is 5.41 Å². The second kappa shape index (κ2) is 6.13. The fourth-order valence-corrected chi connectivity index (χ4v) is 2.11. The van der Waals surface area contributed by atoms with Crippen molar-refractivity contribution in [1.82, 2.24) is 0 Å². The molecule has 0 aliphatic heterocycles. The number of hydrogen-bond acceptors (Lipinski definition) is 1. The zero-order valence-corrected chi connectivity index (χ0v) is 12.9. The molecule has 2 aromatic carbocycles. The Morgan fingerprint density at radius 1 is 0.950 bits per heavy atom. The molecule has 106 valence electrons. The molecule has 0 spiro atoms. The average molecular weight is 268 g/mol. The molecule has 0 radical (unpaired) electrons. The van der Waals surface area contributed by atoms with Gasteiger partial charge in [-0.25, -0.2) is 0 Å². The van der Waals surface area contributed by atoms with Gasteiger partial charge in [0.15, 0.2) is 0 Å². The zero-order valence-electron chi connectivity index (χ0n) is 12.9. The molecule has 0 fully saturated rings. The lowest BCUT2D eigenvalue weighted by atomic mass is 9.78. The van der Waals surface area contributed by atoms with Crippen molar-refractivity contribution >= 4 is 0 Å². The molecule has 0 N–H and O–H groups in total. The molecule has 1 atom stereocenters. The molecular weight excluding hydrogens is 244 g/mol. The normalized spacial score (nSPS) is 13.0. The number of ether oxygens (including phenoxy) is 1. The molecule has 0 aromatic heterocycles. The summed E-state index contributed by atoms with van der Waals surface area (Å²) < 4.78 is 5.90. The van der Waals surface area contributed by atoms with Gasteiger partial charge in [0.25, 0.3) is 0 Å². The van der Waals surface area contributed by atoms with Crippen LogP contribution in [0.2, 0.25) is 0 Å². The van der Waals surface area contributed by atoms with E-state index in [9.17, 15) is 0 Å². The molecule has 2 rings (SSSR count). The van der Waals surface area contributed by atoms with Crippen molar-refractivity contribution in [3.8, 4) is 5.75 Å². The summed E-state index contributed by atoms with van der Waals surface area (Å²) in [6, 6.07) is 18.7. The maximum atomic E-state index is 5.90. The average Bonchev–Trinajstić information content (AvgIpc) is 2.45. The van der Waals surface area contributed by atoms with E-state index in [1.807, 2.05) is 24.3 Å². The minimum atomic E-state index is 0.262. The van der Waals surface area contributed by atoms with Crippen LogP contribution >= 0.6 is 0 Å². The molecule has 20 heavy (non-hydrogen) atoms. The van der Waals surface area contributed by atoms with Crippen molar-refractivity contribution in [1.29, 1.82) is 0 Å². The molecular formula is C19H24O. The molecule has 0 amide bonds. The van der Waals surface area contributed by atoms with E-state index in [1.54, 1.807) is 0 Å². The van der Waals surface area contributed by atoms with Gasteiger partial charge in [-0.15, -0.1) is 0 Å². The summed E-state index contributed by atoms with van der Waals surface area (Å²) in [6.07, 6.45) is 0. The van der Waals surface area contributed by atoms with E-state index in [-0.39, 0.29) is 5.41 Å². The lowest BCUT2D eigenvalue weighted by Gasteiger charge is -2.27. The monoisotopic (exact) mass is 268 g/mol. The minimum Gasteiger partial charge on any atom is -0.489 e. The van der Waals surface area contributed by atoms with Gasteiger partial charge in [-0.3, -0.25) is 0 Å². The Balaban J connectivity index is 2.07. The van der Waals surface area contributed by atoms with E-state index < -0.39 is 0 Å². The lowest BCUT2D eigenvalue weighted by molar-refractivity contribution is 0.303. The van der Waals surface area contributed by atoms with Gasteiger partial charge in [0, 0.05) is 0 Å². The molecule has 1 unspecified atom stereocenters. The van der Waals surface area contributed by atoms with Gasteiger partial charge in [0.2, 0.25) is 0 Å². The molecule has 0 aliphatic carbocycles. The summed E-state index contributed by atoms with van der Waals surface area (Å²) in [5.41, 5.74) is 2.79. The third kappa shape index (κ3) is 3.86. The first-order valence-electron chi connectivity index (χ1n) is 7.23. The van der Waals surface area contributed by atoms with Crippen molar-refractivity contribution < 1.29 is 4.74 Å². The molecule has 0 bridgehead atoms. The fourth-order valence-electron chi connectivity index (χ4n) is 2.11. The predicted octanol–water partition coefficient (Wildman–Crippen LogP) is 5.42. The van der Waals surface area contributed by atoms with Crippen molar-refractivity contribution in [3.63, 3.8) is 0 Å². The number of hydrogen-bond donors (Lipinski definition) is 0. The quantitative estimate of drug-likeness (QED) is 0.720. The van der Waals surface area contributed by atoms with Crippen molar-refractivity contribution in [2.45, 2.75) is 40.2 Å². The highest BCUT2D eigenvalue weighted by molar-refractivity contribution is 5.31. The Morgan fingerprint density at radius 2 is 1.65 bits per heavy atom. The van der Waals surface area contributed by atoms with Crippen LogP contribution in [0.3, 0.4) is 0 Å². The molecule has 0 heterocycles. The highest BCUT2D eigenvalue weighted by atomic mass is 16.5. The van der Waals surface area contributed by atoms with E-state index in [4.69, 9.17) is 4.74 Å². The van der Waals surface area contributed by atoms with Gasteiger partial charge in [0.05, 0.1) is 0 Å². The van der Waals surface area contributed by atoms with Crippen LogP contribution in [0, 0.1) is 5.41 Å². The first kappa shape index (κ1) is 14.6. The van der Waals surface area contributed by atoms with Gasteiger partial charge < -0.3 is 4.74 Å². The van der Waals surface area contributed by atoms with Crippen LogP contribution in [0.15, 0.2) is 54.6 Å². The van der Waals surface area contributed by atoms with E-state index in [1.165, 1.54) is 11.1 Å². The van der Waals surface area contributed by atoms with E-state index in [2.05, 4.69) is 58.0 Å². The molecule has 2 aromatic rings. The lowest BCUT2D eigenvalue weighted by Crippen LogP contribution is -2.15. The third-order valence-corrected chi connectivity index (χ3v) is 3.91. The molecule has 0 aliphatic rings. The highest BCUT2D eigenvalue weighted by Gasteiger charge is 2.21. The van der Waals surface area contributed by atoms with Gasteiger partial charge in [-0.05, 0) is 34.6 Å². The van der Waals surface area contributed by atoms with Crippen LogP contribution in [0.4, 0.5) is 0 Å². The van der Waals surface area contributed by atoms with Crippen LogP contribution < -0.4 is 4.74 Å². The smallest absolute Gasteiger partial charge is 0.120 e. The van der Waals surface area contributed by atoms with Crippen LogP contribution in [0.25, 0.3) is 0 Å². The summed E-state index contributed by atoms with van der Waals surface area (Å²) in [7, 11) is 0. The Kier molecular flexibility index (Phi) is 4.49. The van der Waals surface area contributed by atoms with Crippen molar-refractivity contribution in [2.75, 3.05) is 0 Å². The summed E-state index contributed by atoms with van der Waals surface area (Å²) >= 11 is 0.